The first-order valence-corrected chi connectivity index (χ1v) is 9.50. The predicted octanol–water partition coefficient (Wildman–Crippen LogP) is 7.07. The Bertz CT molecular complexity index is 1230. The summed E-state index contributed by atoms with van der Waals surface area (Å²) in [5.74, 6) is -2.23. The molecule has 3 rings (SSSR count). The van der Waals surface area contributed by atoms with Gasteiger partial charge < -0.3 is 10.1 Å². The average Bonchev–Trinajstić information content (AvgIpc) is 2.76. The van der Waals surface area contributed by atoms with Crippen molar-refractivity contribution < 1.29 is 39.9 Å². The Hall–Kier alpha value is -3.81. The molecule has 11 heteroatoms. The molecular weight excluding hydrogens is 472 g/mol. The molecule has 0 aliphatic rings. The van der Waals surface area contributed by atoms with E-state index in [-0.39, 0.29) is 28.1 Å². The molecule has 0 aliphatic carbocycles. The molecule has 34 heavy (non-hydrogen) atoms. The molecule has 0 aliphatic heterocycles. The van der Waals surface area contributed by atoms with Gasteiger partial charge in [0.25, 0.3) is 0 Å². The van der Waals surface area contributed by atoms with Gasteiger partial charge in [-0.1, -0.05) is 12.1 Å². The van der Waals surface area contributed by atoms with Crippen molar-refractivity contribution in [2.45, 2.75) is 25.5 Å². The molecule has 0 amide bonds. The minimum Gasteiger partial charge on any atom is -0.487 e. The highest BCUT2D eigenvalue weighted by Crippen LogP contribution is 2.35. The van der Waals surface area contributed by atoms with Gasteiger partial charge >= 0.3 is 12.4 Å². The summed E-state index contributed by atoms with van der Waals surface area (Å²) in [6.07, 6.45) is -9.67. The van der Waals surface area contributed by atoms with Crippen molar-refractivity contribution in [2.75, 3.05) is 5.32 Å². The SMILES string of the molecule is N#Cc1ccc(OCc2ccc(F)cc2C(F)(F)F)c(NCc2ccc(F)cc2C(F)(F)F)c1. The van der Waals surface area contributed by atoms with Crippen LogP contribution in [0.25, 0.3) is 0 Å². The summed E-state index contributed by atoms with van der Waals surface area (Å²) < 4.78 is 111. The van der Waals surface area contributed by atoms with Crippen molar-refractivity contribution in [2.24, 2.45) is 0 Å². The molecule has 3 aromatic carbocycles. The Morgan fingerprint density at radius 2 is 1.32 bits per heavy atom. The van der Waals surface area contributed by atoms with Crippen LogP contribution in [0.3, 0.4) is 0 Å². The highest BCUT2D eigenvalue weighted by atomic mass is 19.4. The van der Waals surface area contributed by atoms with Crippen LogP contribution in [0.5, 0.6) is 5.75 Å². The van der Waals surface area contributed by atoms with E-state index in [2.05, 4.69) is 5.32 Å². The van der Waals surface area contributed by atoms with Crippen LogP contribution in [0.2, 0.25) is 0 Å². The Labute approximate surface area is 188 Å². The molecule has 0 spiro atoms. The van der Waals surface area contributed by atoms with E-state index in [4.69, 9.17) is 10.00 Å². The fraction of sp³-hybridized carbons (Fsp3) is 0.174. The molecule has 0 aromatic heterocycles. The standard InChI is InChI=1S/C23H14F8N2O/c24-16-4-2-14(18(8-16)22(26,27)28)11-33-20-7-13(10-32)1-6-21(20)34-12-15-3-5-17(25)9-19(15)23(29,30)31/h1-9,33H,11-12H2. The summed E-state index contributed by atoms with van der Waals surface area (Å²) in [6.45, 7) is -1.09. The van der Waals surface area contributed by atoms with Crippen molar-refractivity contribution in [3.05, 3.63) is 94.0 Å². The van der Waals surface area contributed by atoms with E-state index < -0.39 is 48.3 Å². The number of nitrogens with zero attached hydrogens (tertiary/aromatic N) is 1. The number of halogens is 8. The lowest BCUT2D eigenvalue weighted by atomic mass is 10.1. The topological polar surface area (TPSA) is 45.0 Å². The van der Waals surface area contributed by atoms with Gasteiger partial charge in [-0.25, -0.2) is 8.78 Å². The fourth-order valence-electron chi connectivity index (χ4n) is 3.11. The van der Waals surface area contributed by atoms with E-state index in [0.29, 0.717) is 12.1 Å². The van der Waals surface area contributed by atoms with Gasteiger partial charge in [0.2, 0.25) is 0 Å². The first-order valence-electron chi connectivity index (χ1n) is 9.50. The summed E-state index contributed by atoms with van der Waals surface area (Å²) >= 11 is 0. The molecule has 0 unspecified atom stereocenters. The number of hydrogen-bond acceptors (Lipinski definition) is 3. The third-order valence-corrected chi connectivity index (χ3v) is 4.72. The smallest absolute Gasteiger partial charge is 0.416 e. The van der Waals surface area contributed by atoms with Crippen molar-refractivity contribution in [3.8, 4) is 11.8 Å². The van der Waals surface area contributed by atoms with Crippen LogP contribution in [0.15, 0.2) is 54.6 Å². The van der Waals surface area contributed by atoms with Crippen LogP contribution in [0.4, 0.5) is 40.8 Å². The Kier molecular flexibility index (Phi) is 7.00. The maximum absolute atomic E-state index is 13.3. The van der Waals surface area contributed by atoms with Crippen LogP contribution in [0.1, 0.15) is 27.8 Å². The lowest BCUT2D eigenvalue weighted by Crippen LogP contribution is -2.13. The maximum atomic E-state index is 13.3. The Balaban J connectivity index is 1.87. The second-order valence-corrected chi connectivity index (χ2v) is 7.06. The van der Waals surface area contributed by atoms with E-state index in [9.17, 15) is 35.1 Å². The largest absolute Gasteiger partial charge is 0.487 e. The van der Waals surface area contributed by atoms with Crippen LogP contribution >= 0.6 is 0 Å². The molecule has 3 nitrogen and oxygen atoms in total. The number of nitriles is 1. The van der Waals surface area contributed by atoms with E-state index in [1.54, 1.807) is 0 Å². The number of benzene rings is 3. The lowest BCUT2D eigenvalue weighted by Gasteiger charge is -2.18. The van der Waals surface area contributed by atoms with Gasteiger partial charge in [-0.2, -0.15) is 31.6 Å². The Morgan fingerprint density at radius 3 is 1.88 bits per heavy atom. The van der Waals surface area contributed by atoms with Crippen LogP contribution in [-0.4, -0.2) is 0 Å². The highest BCUT2D eigenvalue weighted by Gasteiger charge is 2.34. The summed E-state index contributed by atoms with van der Waals surface area (Å²) in [6, 6.07) is 9.81. The van der Waals surface area contributed by atoms with Gasteiger partial charge in [-0.3, -0.25) is 0 Å². The minimum absolute atomic E-state index is 0.0205. The van der Waals surface area contributed by atoms with Crippen LogP contribution in [-0.2, 0) is 25.5 Å². The number of rotatable bonds is 6. The van der Waals surface area contributed by atoms with Gasteiger partial charge in [-0.05, 0) is 48.0 Å². The average molecular weight is 486 g/mol. The minimum atomic E-state index is -4.84. The summed E-state index contributed by atoms with van der Waals surface area (Å²) in [5, 5.41) is 11.8. The second kappa shape index (κ2) is 9.59. The molecule has 0 bridgehead atoms. The zero-order valence-electron chi connectivity index (χ0n) is 17.0. The molecule has 0 atom stereocenters. The number of alkyl halides is 6. The molecule has 178 valence electrons. The molecule has 1 N–H and O–H groups in total. The zero-order valence-corrected chi connectivity index (χ0v) is 17.0. The summed E-state index contributed by atoms with van der Waals surface area (Å²) in [5.41, 5.74) is -3.01. The van der Waals surface area contributed by atoms with E-state index in [1.807, 2.05) is 6.07 Å². The van der Waals surface area contributed by atoms with E-state index in [0.717, 1.165) is 24.3 Å². The molecule has 0 radical (unpaired) electrons. The molecule has 0 heterocycles. The molecular formula is C23H14F8N2O. The third kappa shape index (κ3) is 5.95. The first-order chi connectivity index (χ1) is 15.9. The molecule has 0 saturated carbocycles. The van der Waals surface area contributed by atoms with Gasteiger partial charge in [0, 0.05) is 12.1 Å². The van der Waals surface area contributed by atoms with Gasteiger partial charge in [0.1, 0.15) is 24.0 Å². The second-order valence-electron chi connectivity index (χ2n) is 7.06. The van der Waals surface area contributed by atoms with Gasteiger partial charge in [-0.15, -0.1) is 0 Å². The van der Waals surface area contributed by atoms with Crippen LogP contribution < -0.4 is 10.1 Å². The van der Waals surface area contributed by atoms with Gasteiger partial charge in [0.05, 0.1) is 28.4 Å². The maximum Gasteiger partial charge on any atom is 0.416 e. The number of anilines is 1. The van der Waals surface area contributed by atoms with E-state index in [1.165, 1.54) is 18.2 Å². The van der Waals surface area contributed by atoms with Gasteiger partial charge in [0.15, 0.2) is 0 Å². The van der Waals surface area contributed by atoms with Crippen molar-refractivity contribution >= 4 is 5.69 Å². The van der Waals surface area contributed by atoms with Crippen molar-refractivity contribution in [1.82, 2.24) is 0 Å². The summed E-state index contributed by atoms with van der Waals surface area (Å²) in [4.78, 5) is 0. The summed E-state index contributed by atoms with van der Waals surface area (Å²) in [7, 11) is 0. The Morgan fingerprint density at radius 1 is 0.765 bits per heavy atom. The number of nitrogens with one attached hydrogen (secondary N) is 1. The normalized spacial score (nSPS) is 11.7. The van der Waals surface area contributed by atoms with Crippen LogP contribution in [0, 0.1) is 23.0 Å². The lowest BCUT2D eigenvalue weighted by molar-refractivity contribution is -0.139. The highest BCUT2D eigenvalue weighted by molar-refractivity contribution is 5.60. The molecule has 0 fully saturated rings. The number of hydrogen-bond donors (Lipinski definition) is 1. The third-order valence-electron chi connectivity index (χ3n) is 4.72. The fourth-order valence-corrected chi connectivity index (χ4v) is 3.11. The van der Waals surface area contributed by atoms with E-state index >= 15 is 0 Å². The molecule has 0 saturated heterocycles. The molecule has 3 aromatic rings. The predicted molar refractivity (Wildman–Crippen MR) is 106 cm³/mol. The monoisotopic (exact) mass is 486 g/mol. The number of ether oxygens (including phenoxy) is 1. The van der Waals surface area contributed by atoms with Crippen molar-refractivity contribution in [3.63, 3.8) is 0 Å². The zero-order chi connectivity index (χ0) is 25.1. The first kappa shape index (κ1) is 24.8. The quantitative estimate of drug-likeness (QED) is 0.379. The van der Waals surface area contributed by atoms with Crippen molar-refractivity contribution in [1.29, 1.82) is 5.26 Å².